The molecule has 1 N–H and O–H groups in total. The quantitative estimate of drug-likeness (QED) is 0.731. The number of hydrogen-bond donors (Lipinski definition) is 1. The molecule has 1 aromatic heterocycles. The fourth-order valence-electron chi connectivity index (χ4n) is 2.48. The molecule has 0 radical (unpaired) electrons. The van der Waals surface area contributed by atoms with Gasteiger partial charge in [0.1, 0.15) is 18.3 Å². The average Bonchev–Trinajstić information content (AvgIpc) is 3.31. The molecule has 7 nitrogen and oxygen atoms in total. The molecular weight excluding hydrogens is 339 g/mol. The Kier molecular flexibility index (Phi) is 4.06. The van der Waals surface area contributed by atoms with Gasteiger partial charge in [-0.3, -0.25) is 4.79 Å². The summed E-state index contributed by atoms with van der Waals surface area (Å²) in [5.74, 6) is 0.413. The first-order valence-corrected chi connectivity index (χ1v) is 7.72. The van der Waals surface area contributed by atoms with E-state index < -0.39 is 5.82 Å². The lowest BCUT2D eigenvalue weighted by atomic mass is 10.2. The highest BCUT2D eigenvalue weighted by Crippen LogP contribution is 2.32. The molecule has 4 rings (SSSR count). The highest BCUT2D eigenvalue weighted by molar-refractivity contribution is 6.02. The van der Waals surface area contributed by atoms with Crippen LogP contribution in [0.1, 0.15) is 5.56 Å². The lowest BCUT2D eigenvalue weighted by molar-refractivity contribution is -0.111. The predicted octanol–water partition coefficient (Wildman–Crippen LogP) is 2.79. The van der Waals surface area contributed by atoms with Crippen molar-refractivity contribution in [1.29, 1.82) is 0 Å². The van der Waals surface area contributed by atoms with Gasteiger partial charge in [-0.05, 0) is 42.0 Å². The number of halogens is 1. The third-order valence-corrected chi connectivity index (χ3v) is 3.70. The Morgan fingerprint density at radius 1 is 1.19 bits per heavy atom. The number of carbonyl (C=O) groups excluding carboxylic acids is 1. The number of fused-ring (bicyclic) bond motifs is 1. The Hall–Kier alpha value is -3.68. The number of anilines is 1. The first-order chi connectivity index (χ1) is 12.7. The summed E-state index contributed by atoms with van der Waals surface area (Å²) < 4.78 is 26.0. The summed E-state index contributed by atoms with van der Waals surface area (Å²) in [5, 5.41) is 6.48. The number of nitrogens with one attached hydrogen (secondary N) is 1. The van der Waals surface area contributed by atoms with Crippen LogP contribution in [0.5, 0.6) is 11.5 Å². The van der Waals surface area contributed by atoms with Gasteiger partial charge in [0.15, 0.2) is 17.3 Å². The zero-order valence-corrected chi connectivity index (χ0v) is 13.4. The van der Waals surface area contributed by atoms with Gasteiger partial charge in [0.25, 0.3) is 0 Å². The Morgan fingerprint density at radius 3 is 2.88 bits per heavy atom. The molecule has 0 saturated carbocycles. The maximum Gasteiger partial charge on any atom is 0.248 e. The van der Waals surface area contributed by atoms with Crippen molar-refractivity contribution < 1.29 is 18.7 Å². The van der Waals surface area contributed by atoms with Crippen molar-refractivity contribution in [3.8, 4) is 17.2 Å². The Balaban J connectivity index is 1.44. The fourth-order valence-corrected chi connectivity index (χ4v) is 2.48. The van der Waals surface area contributed by atoms with Crippen LogP contribution < -0.4 is 14.8 Å². The second-order valence-electron chi connectivity index (χ2n) is 5.44. The van der Waals surface area contributed by atoms with E-state index in [0.717, 1.165) is 5.56 Å². The average molecular weight is 352 g/mol. The summed E-state index contributed by atoms with van der Waals surface area (Å²) in [6.45, 7) is 0.194. The van der Waals surface area contributed by atoms with Crippen LogP contribution >= 0.6 is 0 Å². The molecule has 2 aromatic carbocycles. The van der Waals surface area contributed by atoms with Crippen molar-refractivity contribution >= 4 is 17.7 Å². The monoisotopic (exact) mass is 352 g/mol. The maximum absolute atomic E-state index is 14.2. The third-order valence-electron chi connectivity index (χ3n) is 3.70. The van der Waals surface area contributed by atoms with E-state index in [1.54, 1.807) is 24.3 Å². The SMILES string of the molecule is O=C(/C=C/c1ccc2c(c1)OCO2)Nc1ccc(-n2cncn2)c(F)c1. The van der Waals surface area contributed by atoms with Crippen molar-refractivity contribution in [2.45, 2.75) is 0 Å². The third kappa shape index (κ3) is 3.25. The summed E-state index contributed by atoms with van der Waals surface area (Å²) in [6.07, 6.45) is 5.71. The van der Waals surface area contributed by atoms with Crippen molar-refractivity contribution in [2.75, 3.05) is 12.1 Å². The van der Waals surface area contributed by atoms with E-state index >= 15 is 0 Å². The van der Waals surface area contributed by atoms with E-state index in [0.29, 0.717) is 17.2 Å². The summed E-state index contributed by atoms with van der Waals surface area (Å²) in [7, 11) is 0. The van der Waals surface area contributed by atoms with Crippen LogP contribution in [0.15, 0.2) is 55.1 Å². The van der Waals surface area contributed by atoms with Crippen LogP contribution in [0.2, 0.25) is 0 Å². The van der Waals surface area contributed by atoms with E-state index in [1.807, 2.05) is 6.07 Å². The molecule has 1 amide bonds. The number of hydrogen-bond acceptors (Lipinski definition) is 5. The molecule has 0 bridgehead atoms. The van der Waals surface area contributed by atoms with Crippen molar-refractivity contribution in [1.82, 2.24) is 14.8 Å². The fraction of sp³-hybridized carbons (Fsp3) is 0.0556. The molecule has 2 heterocycles. The first kappa shape index (κ1) is 15.8. The number of amides is 1. The van der Waals surface area contributed by atoms with Gasteiger partial charge >= 0.3 is 0 Å². The second kappa shape index (κ2) is 6.67. The lowest BCUT2D eigenvalue weighted by Gasteiger charge is -2.06. The van der Waals surface area contributed by atoms with Gasteiger partial charge in [-0.2, -0.15) is 5.10 Å². The molecule has 0 aliphatic carbocycles. The molecule has 1 aliphatic heterocycles. The molecule has 0 saturated heterocycles. The molecule has 26 heavy (non-hydrogen) atoms. The van der Waals surface area contributed by atoms with Crippen LogP contribution in [-0.2, 0) is 4.79 Å². The van der Waals surface area contributed by atoms with Crippen LogP contribution in [0.25, 0.3) is 11.8 Å². The van der Waals surface area contributed by atoms with Crippen molar-refractivity contribution in [3.63, 3.8) is 0 Å². The Labute approximate surface area is 147 Å². The zero-order chi connectivity index (χ0) is 17.9. The normalized spacial score (nSPS) is 12.5. The maximum atomic E-state index is 14.2. The molecule has 130 valence electrons. The number of aromatic nitrogens is 3. The lowest BCUT2D eigenvalue weighted by Crippen LogP contribution is -2.08. The zero-order valence-electron chi connectivity index (χ0n) is 13.4. The largest absolute Gasteiger partial charge is 0.454 e. The molecular formula is C18H13FN4O3. The minimum Gasteiger partial charge on any atom is -0.454 e. The van der Waals surface area contributed by atoms with Gasteiger partial charge in [0, 0.05) is 11.8 Å². The molecule has 8 heteroatoms. The molecule has 1 aliphatic rings. The predicted molar refractivity (Wildman–Crippen MR) is 91.5 cm³/mol. The van der Waals surface area contributed by atoms with Crippen molar-refractivity contribution in [3.05, 3.63) is 66.5 Å². The minimum atomic E-state index is -0.520. The van der Waals surface area contributed by atoms with Crippen LogP contribution in [0, 0.1) is 5.82 Å². The second-order valence-corrected chi connectivity index (χ2v) is 5.44. The summed E-state index contributed by atoms with van der Waals surface area (Å²) in [6, 6.07) is 9.69. The first-order valence-electron chi connectivity index (χ1n) is 7.72. The molecule has 0 unspecified atom stereocenters. The summed E-state index contributed by atoms with van der Waals surface area (Å²) in [5.41, 5.74) is 1.38. The van der Waals surface area contributed by atoms with Gasteiger partial charge < -0.3 is 14.8 Å². The topological polar surface area (TPSA) is 78.3 Å². The highest BCUT2D eigenvalue weighted by Gasteiger charge is 2.12. The van der Waals surface area contributed by atoms with Gasteiger partial charge in [0.2, 0.25) is 12.7 Å². The Bertz CT molecular complexity index is 986. The number of rotatable bonds is 4. The highest BCUT2D eigenvalue weighted by atomic mass is 19.1. The number of benzene rings is 2. The number of carbonyl (C=O) groups is 1. The minimum absolute atomic E-state index is 0.194. The Morgan fingerprint density at radius 2 is 2.08 bits per heavy atom. The van der Waals surface area contributed by atoms with Gasteiger partial charge in [0.05, 0.1) is 0 Å². The van der Waals surface area contributed by atoms with Crippen LogP contribution in [0.4, 0.5) is 10.1 Å². The van der Waals surface area contributed by atoms with Crippen LogP contribution in [0.3, 0.4) is 0 Å². The van der Waals surface area contributed by atoms with E-state index in [2.05, 4.69) is 15.4 Å². The van der Waals surface area contributed by atoms with Crippen LogP contribution in [-0.4, -0.2) is 27.5 Å². The van der Waals surface area contributed by atoms with E-state index in [1.165, 1.54) is 35.5 Å². The van der Waals surface area contributed by atoms with E-state index in [4.69, 9.17) is 9.47 Å². The summed E-state index contributed by atoms with van der Waals surface area (Å²) in [4.78, 5) is 15.8. The van der Waals surface area contributed by atoms with Crippen molar-refractivity contribution in [2.24, 2.45) is 0 Å². The van der Waals surface area contributed by atoms with Gasteiger partial charge in [-0.25, -0.2) is 14.1 Å². The standard InChI is InChI=1S/C18H13FN4O3/c19-14-8-13(3-4-15(14)23-10-20-9-21-23)22-18(24)6-2-12-1-5-16-17(7-12)26-11-25-16/h1-10H,11H2,(H,22,24)/b6-2+. The number of ether oxygens (including phenoxy) is 2. The summed E-state index contributed by atoms with van der Waals surface area (Å²) >= 11 is 0. The van der Waals surface area contributed by atoms with Gasteiger partial charge in [-0.15, -0.1) is 0 Å². The van der Waals surface area contributed by atoms with E-state index in [9.17, 15) is 9.18 Å². The molecule has 3 aromatic rings. The smallest absolute Gasteiger partial charge is 0.248 e. The molecule has 0 atom stereocenters. The van der Waals surface area contributed by atoms with Gasteiger partial charge in [-0.1, -0.05) is 6.07 Å². The molecule has 0 fully saturated rings. The number of nitrogens with zero attached hydrogens (tertiary/aromatic N) is 3. The van der Waals surface area contributed by atoms with E-state index in [-0.39, 0.29) is 18.4 Å². The molecule has 0 spiro atoms.